The Balaban J connectivity index is 1.49. The number of carbonyl (C=O) groups is 7. The van der Waals surface area contributed by atoms with Crippen LogP contribution < -0.4 is 27.0 Å². The van der Waals surface area contributed by atoms with Crippen molar-refractivity contribution in [3.05, 3.63) is 107 Å². The molecule has 0 spiro atoms. The summed E-state index contributed by atoms with van der Waals surface area (Å²) < 4.78 is 0. The van der Waals surface area contributed by atoms with Gasteiger partial charge in [0.25, 0.3) is 11.7 Å². The molecule has 314 valence electrons. The first-order valence-electron chi connectivity index (χ1n) is 19.0. The van der Waals surface area contributed by atoms with Crippen molar-refractivity contribution < 1.29 is 48.9 Å². The highest BCUT2D eigenvalue weighted by Gasteiger charge is 2.36. The number of phenolic OH excluding ortho intramolecular Hbond substituents is 2. The average molecular weight is 841 g/mol. The summed E-state index contributed by atoms with van der Waals surface area (Å²) in [5.41, 5.74) is 8.43. The second-order valence-corrected chi connectivity index (χ2v) is 14.8. The van der Waals surface area contributed by atoms with E-state index in [0.29, 0.717) is 30.0 Å². The number of likely N-dealkylation sites (N-methyl/N-ethyl adjacent to an activating group) is 1. The van der Waals surface area contributed by atoms with E-state index >= 15 is 0 Å². The van der Waals surface area contributed by atoms with Crippen LogP contribution >= 0.6 is 11.6 Å². The second-order valence-electron chi connectivity index (χ2n) is 14.3. The smallest absolute Gasteiger partial charge is 0.374 e. The number of nitrogens with zero attached hydrogens (tertiary/aromatic N) is 1. The van der Waals surface area contributed by atoms with Gasteiger partial charge in [-0.15, -0.1) is 0 Å². The monoisotopic (exact) mass is 840 g/mol. The third-order valence-electron chi connectivity index (χ3n) is 10.0. The normalized spacial score (nSPS) is 16.9. The van der Waals surface area contributed by atoms with Gasteiger partial charge in [-0.1, -0.05) is 48.0 Å². The van der Waals surface area contributed by atoms with Gasteiger partial charge >= 0.3 is 5.97 Å². The first-order valence-corrected chi connectivity index (χ1v) is 19.4. The molecule has 4 aromatic carbocycles. The number of aromatic hydroxyl groups is 2. The van der Waals surface area contributed by atoms with Crippen LogP contribution in [-0.2, 0) is 35.2 Å². The molecule has 17 heteroatoms. The zero-order chi connectivity index (χ0) is 43.7. The number of amides is 5. The predicted octanol–water partition coefficient (Wildman–Crippen LogP) is 2.83. The highest BCUT2D eigenvalue weighted by molar-refractivity contribution is 6.33. The number of phenols is 2. The lowest BCUT2D eigenvalue weighted by Gasteiger charge is -2.32. The van der Waals surface area contributed by atoms with E-state index in [2.05, 4.69) is 21.3 Å². The summed E-state index contributed by atoms with van der Waals surface area (Å²) in [5.74, 6) is -7.47. The molecule has 1 heterocycles. The quantitative estimate of drug-likeness (QED) is 0.0718. The maximum absolute atomic E-state index is 14.5. The molecule has 60 heavy (non-hydrogen) atoms. The summed E-state index contributed by atoms with van der Waals surface area (Å²) in [6.07, 6.45) is 0.930. The van der Waals surface area contributed by atoms with Gasteiger partial charge < -0.3 is 47.2 Å². The Bertz CT molecular complexity index is 2280. The Hall–Kier alpha value is -6.78. The van der Waals surface area contributed by atoms with Gasteiger partial charge in [0.05, 0.1) is 6.54 Å². The number of halogens is 1. The number of carboxylic acid groups (broad SMARTS) is 1. The number of hydrogen-bond acceptors (Lipinski definition) is 10. The van der Waals surface area contributed by atoms with Gasteiger partial charge in [0.1, 0.15) is 35.7 Å². The number of hydrogen-bond donors (Lipinski definition) is 8. The number of carbonyl (C=O) groups excluding carboxylic acids is 6. The van der Waals surface area contributed by atoms with E-state index in [1.807, 2.05) is 12.1 Å². The molecular weight excluding hydrogens is 796 g/mol. The van der Waals surface area contributed by atoms with E-state index in [4.69, 9.17) is 22.4 Å². The molecule has 0 aromatic heterocycles. The number of Topliss-reactive ketones (excluding diaryl/α,β-unsaturated/α-hetero) is 1. The third kappa shape index (κ3) is 10.8. The Morgan fingerprint density at radius 1 is 0.850 bits per heavy atom. The fourth-order valence-electron chi connectivity index (χ4n) is 6.70. The van der Waals surface area contributed by atoms with Crippen LogP contribution in [-0.4, -0.2) is 99.8 Å². The summed E-state index contributed by atoms with van der Waals surface area (Å²) >= 11 is 6.03. The molecule has 0 fully saturated rings. The minimum absolute atomic E-state index is 0.0579. The fraction of sp³-hybridized carbons (Fsp3) is 0.279. The van der Waals surface area contributed by atoms with Crippen molar-refractivity contribution in [3.8, 4) is 33.8 Å². The van der Waals surface area contributed by atoms with Gasteiger partial charge in [-0.05, 0) is 104 Å². The van der Waals surface area contributed by atoms with Crippen molar-refractivity contribution in [1.29, 1.82) is 0 Å². The second kappa shape index (κ2) is 19.8. The van der Waals surface area contributed by atoms with Crippen molar-refractivity contribution in [2.75, 3.05) is 20.1 Å². The summed E-state index contributed by atoms with van der Waals surface area (Å²) in [7, 11) is 1.35. The lowest BCUT2D eigenvalue weighted by atomic mass is 9.93. The van der Waals surface area contributed by atoms with Crippen LogP contribution in [0, 0.1) is 0 Å². The van der Waals surface area contributed by atoms with Crippen molar-refractivity contribution in [3.63, 3.8) is 0 Å². The lowest BCUT2D eigenvalue weighted by Crippen LogP contribution is -2.56. The molecule has 0 radical (unpaired) electrons. The predicted molar refractivity (Wildman–Crippen MR) is 221 cm³/mol. The maximum Gasteiger partial charge on any atom is 0.374 e. The molecule has 4 bridgehead atoms. The molecule has 4 aromatic rings. The van der Waals surface area contributed by atoms with Crippen LogP contribution in [0.15, 0.2) is 84.9 Å². The molecule has 0 unspecified atom stereocenters. The van der Waals surface area contributed by atoms with Gasteiger partial charge in [-0.3, -0.25) is 28.8 Å². The molecule has 0 saturated carbocycles. The molecule has 16 nitrogen and oxygen atoms in total. The van der Waals surface area contributed by atoms with Crippen molar-refractivity contribution >= 4 is 52.9 Å². The van der Waals surface area contributed by atoms with Crippen LogP contribution in [0.2, 0.25) is 5.02 Å². The SMILES string of the molecule is C[C@@H]1NC(=O)[C@@H](N(C)C(=O)[C@H](CCCCN)NC(=O)c2ccc(-c3ccc(Cl)cc3)cc2)c2ccc(O)c(c2)-c2cc(ccc2O)C[C@@H](C(=O)NCC(=O)C(=O)O)NC1=O. The molecule has 4 atom stereocenters. The minimum Gasteiger partial charge on any atom is -0.507 e. The van der Waals surface area contributed by atoms with Gasteiger partial charge in [-0.2, -0.15) is 0 Å². The number of nitrogens with two attached hydrogens (primary N) is 1. The lowest BCUT2D eigenvalue weighted by molar-refractivity contribution is -0.149. The number of benzene rings is 4. The van der Waals surface area contributed by atoms with Crippen molar-refractivity contribution in [2.45, 2.75) is 56.8 Å². The number of nitrogens with one attached hydrogen (secondary N) is 4. The number of ketones is 1. The molecule has 9 N–H and O–H groups in total. The number of carboxylic acids is 1. The largest absolute Gasteiger partial charge is 0.507 e. The average Bonchev–Trinajstić information content (AvgIpc) is 3.23. The minimum atomic E-state index is -1.77. The van der Waals surface area contributed by atoms with Gasteiger partial charge in [-0.25, -0.2) is 4.79 Å². The summed E-state index contributed by atoms with van der Waals surface area (Å²) in [5, 5.41) is 41.7. The summed E-state index contributed by atoms with van der Waals surface area (Å²) in [4.78, 5) is 93.1. The van der Waals surface area contributed by atoms with Gasteiger partial charge in [0, 0.05) is 35.2 Å². The molecule has 1 aliphatic rings. The Labute approximate surface area is 350 Å². The van der Waals surface area contributed by atoms with Gasteiger partial charge in [0.2, 0.25) is 23.6 Å². The number of unbranched alkanes of at least 4 members (excludes halogenated alkanes) is 1. The van der Waals surface area contributed by atoms with Crippen LogP contribution in [0.4, 0.5) is 0 Å². The zero-order valence-electron chi connectivity index (χ0n) is 32.7. The van der Waals surface area contributed by atoms with E-state index in [0.717, 1.165) is 16.0 Å². The summed E-state index contributed by atoms with van der Waals surface area (Å²) in [6.45, 7) is 0.811. The van der Waals surface area contributed by atoms with Crippen LogP contribution in [0.3, 0.4) is 0 Å². The van der Waals surface area contributed by atoms with E-state index < -0.39 is 72.0 Å². The third-order valence-corrected chi connectivity index (χ3v) is 10.3. The number of aliphatic carboxylic acids is 1. The Morgan fingerprint density at radius 2 is 1.47 bits per heavy atom. The van der Waals surface area contributed by atoms with Crippen LogP contribution in [0.1, 0.15) is 53.7 Å². The van der Waals surface area contributed by atoms with Gasteiger partial charge in [0.15, 0.2) is 0 Å². The fourth-order valence-corrected chi connectivity index (χ4v) is 6.83. The van der Waals surface area contributed by atoms with Crippen LogP contribution in [0.25, 0.3) is 22.3 Å². The molecule has 1 aliphatic heterocycles. The van der Waals surface area contributed by atoms with E-state index in [9.17, 15) is 43.8 Å². The summed E-state index contributed by atoms with van der Waals surface area (Å²) in [6, 6.07) is 16.9. The molecule has 0 aliphatic carbocycles. The Morgan fingerprint density at radius 3 is 2.10 bits per heavy atom. The maximum atomic E-state index is 14.5. The van der Waals surface area contributed by atoms with E-state index in [1.54, 1.807) is 36.4 Å². The molecular formula is C43H45ClN6O10. The number of fused-ring (bicyclic) bond motifs is 5. The highest BCUT2D eigenvalue weighted by Crippen LogP contribution is 2.39. The van der Waals surface area contributed by atoms with E-state index in [1.165, 1.54) is 50.4 Å². The Kier molecular flexibility index (Phi) is 14.6. The number of rotatable bonds is 13. The highest BCUT2D eigenvalue weighted by atomic mass is 35.5. The van der Waals surface area contributed by atoms with E-state index in [-0.39, 0.29) is 46.6 Å². The standard InChI is InChI=1S/C43H45ClN6O10/c1-23-38(54)49-33(40(56)46-22-36(53)43(59)60)20-24-6-16-34(51)30(19-24)31-21-28(13-17-35(31)52)37(41(57)47-23)50(2)42(58)32(5-3-4-18-45)48-39(55)27-9-7-25(8-10-27)26-11-14-29(44)15-12-26/h6-17,19,21,23,32-33,37,51-52H,3-5,18,20,22,45H2,1-2H3,(H,46,56)(H,47,57)(H,48,55)(H,49,54)(H,59,60)/t23-,32-,33-,37-/m0/s1. The van der Waals surface area contributed by atoms with Crippen LogP contribution in [0.5, 0.6) is 11.5 Å². The van der Waals surface area contributed by atoms with Crippen molar-refractivity contribution in [2.24, 2.45) is 5.73 Å². The van der Waals surface area contributed by atoms with Crippen molar-refractivity contribution in [1.82, 2.24) is 26.2 Å². The molecule has 5 amide bonds. The molecule has 5 rings (SSSR count). The topological polar surface area (TPSA) is 258 Å². The zero-order valence-corrected chi connectivity index (χ0v) is 33.5. The first kappa shape index (κ1) is 44.3. The first-order chi connectivity index (χ1) is 28.6. The molecule has 0 saturated heterocycles.